The fourth-order valence-electron chi connectivity index (χ4n) is 3.96. The molecule has 156 valence electrons. The molecule has 1 saturated heterocycles. The maximum atomic E-state index is 12.5. The van der Waals surface area contributed by atoms with E-state index in [1.807, 2.05) is 49.4 Å². The lowest BCUT2D eigenvalue weighted by Gasteiger charge is -2.20. The number of hydrogen-bond donors (Lipinski definition) is 2. The van der Waals surface area contributed by atoms with Gasteiger partial charge in [0.2, 0.25) is 0 Å². The van der Waals surface area contributed by atoms with Crippen molar-refractivity contribution in [2.45, 2.75) is 19.8 Å². The Morgan fingerprint density at radius 2 is 1.97 bits per heavy atom. The summed E-state index contributed by atoms with van der Waals surface area (Å²) in [6.07, 6.45) is 4.89. The predicted molar refractivity (Wildman–Crippen MR) is 119 cm³/mol. The van der Waals surface area contributed by atoms with Gasteiger partial charge in [0.25, 0.3) is 0 Å². The highest BCUT2D eigenvalue weighted by Crippen LogP contribution is 2.31. The Kier molecular flexibility index (Phi) is 5.18. The average Bonchev–Trinajstić information content (AvgIpc) is 3.29. The first-order valence-electron chi connectivity index (χ1n) is 10.5. The van der Waals surface area contributed by atoms with Crippen molar-refractivity contribution in [2.24, 2.45) is 5.92 Å². The highest BCUT2D eigenvalue weighted by molar-refractivity contribution is 5.88. The van der Waals surface area contributed by atoms with Gasteiger partial charge >= 0.3 is 5.97 Å². The minimum absolute atomic E-state index is 0.0586. The first kappa shape index (κ1) is 19.4. The van der Waals surface area contributed by atoms with Crippen LogP contribution in [-0.4, -0.2) is 39.0 Å². The zero-order chi connectivity index (χ0) is 21.2. The van der Waals surface area contributed by atoms with E-state index in [1.54, 1.807) is 12.5 Å². The molecule has 0 amide bonds. The van der Waals surface area contributed by atoms with Crippen molar-refractivity contribution in [1.82, 2.24) is 25.3 Å². The number of pyridine rings is 2. The minimum atomic E-state index is -0.182. The fourth-order valence-corrected chi connectivity index (χ4v) is 3.96. The van der Waals surface area contributed by atoms with Gasteiger partial charge in [-0.3, -0.25) is 14.8 Å². The molecule has 7 heteroatoms. The lowest BCUT2D eigenvalue weighted by Crippen LogP contribution is -2.33. The number of piperidine rings is 1. The third kappa shape index (κ3) is 4.04. The van der Waals surface area contributed by atoms with Crippen LogP contribution in [0, 0.1) is 12.8 Å². The number of hydrogen-bond acceptors (Lipinski definition) is 6. The number of ether oxygens (including phenoxy) is 1. The van der Waals surface area contributed by atoms with Crippen molar-refractivity contribution in [1.29, 1.82) is 0 Å². The minimum Gasteiger partial charge on any atom is -0.425 e. The number of H-pyrrole nitrogens is 1. The summed E-state index contributed by atoms with van der Waals surface area (Å²) in [6.45, 7) is 3.66. The van der Waals surface area contributed by atoms with Crippen LogP contribution < -0.4 is 10.1 Å². The normalized spacial score (nSPS) is 14.6. The van der Waals surface area contributed by atoms with Crippen LogP contribution >= 0.6 is 0 Å². The molecule has 1 fully saturated rings. The predicted octanol–water partition coefficient (Wildman–Crippen LogP) is 3.90. The Hall–Kier alpha value is -3.58. The summed E-state index contributed by atoms with van der Waals surface area (Å²) in [5, 5.41) is 4.15. The number of aromatic amines is 1. The Balaban J connectivity index is 1.45. The summed E-state index contributed by atoms with van der Waals surface area (Å²) in [6, 6.07) is 13.7. The number of benzene rings is 1. The molecule has 7 nitrogen and oxygen atoms in total. The standard InChI is InChI=1S/C24H23N5O2/c1-15-3-2-4-21(29-15)23-22(27-14-28-23)17-5-6-20-18(11-17)12-19(13-26-20)31-24(30)16-7-9-25-10-8-16/h2-6,11-14,16,25H,7-10H2,1H3,(H,27,28). The van der Waals surface area contributed by atoms with Gasteiger partial charge in [-0.15, -0.1) is 0 Å². The molecule has 0 spiro atoms. The van der Waals surface area contributed by atoms with E-state index >= 15 is 0 Å². The Morgan fingerprint density at radius 1 is 1.10 bits per heavy atom. The van der Waals surface area contributed by atoms with Gasteiger partial charge in [-0.25, -0.2) is 4.98 Å². The molecule has 0 atom stereocenters. The molecule has 1 aromatic carbocycles. The lowest BCUT2D eigenvalue weighted by molar-refractivity contribution is -0.139. The maximum absolute atomic E-state index is 12.5. The van der Waals surface area contributed by atoms with Gasteiger partial charge in [0.1, 0.15) is 5.75 Å². The first-order valence-corrected chi connectivity index (χ1v) is 10.5. The molecule has 0 bridgehead atoms. The second kappa shape index (κ2) is 8.28. The van der Waals surface area contributed by atoms with Crippen LogP contribution in [0.2, 0.25) is 0 Å². The van der Waals surface area contributed by atoms with Gasteiger partial charge < -0.3 is 15.0 Å². The van der Waals surface area contributed by atoms with Crippen LogP contribution in [0.5, 0.6) is 5.75 Å². The molecule has 0 saturated carbocycles. The maximum Gasteiger partial charge on any atom is 0.314 e. The molecular weight excluding hydrogens is 390 g/mol. The van der Waals surface area contributed by atoms with Crippen molar-refractivity contribution >= 4 is 16.9 Å². The molecular formula is C24H23N5O2. The number of nitrogens with zero attached hydrogens (tertiary/aromatic N) is 3. The zero-order valence-electron chi connectivity index (χ0n) is 17.3. The van der Waals surface area contributed by atoms with Crippen LogP contribution in [0.3, 0.4) is 0 Å². The van der Waals surface area contributed by atoms with Crippen molar-refractivity contribution in [3.05, 3.63) is 60.7 Å². The van der Waals surface area contributed by atoms with E-state index in [9.17, 15) is 4.79 Å². The monoisotopic (exact) mass is 413 g/mol. The third-order valence-corrected chi connectivity index (χ3v) is 5.60. The summed E-state index contributed by atoms with van der Waals surface area (Å²) in [7, 11) is 0. The van der Waals surface area contributed by atoms with E-state index in [1.165, 1.54) is 0 Å². The smallest absolute Gasteiger partial charge is 0.314 e. The summed E-state index contributed by atoms with van der Waals surface area (Å²) in [5.41, 5.74) is 5.24. The zero-order valence-corrected chi connectivity index (χ0v) is 17.3. The molecule has 31 heavy (non-hydrogen) atoms. The Morgan fingerprint density at radius 3 is 2.81 bits per heavy atom. The van der Waals surface area contributed by atoms with E-state index < -0.39 is 0 Å². The number of imidazole rings is 1. The van der Waals surface area contributed by atoms with E-state index in [-0.39, 0.29) is 11.9 Å². The highest BCUT2D eigenvalue weighted by Gasteiger charge is 2.23. The number of aromatic nitrogens is 4. The van der Waals surface area contributed by atoms with Gasteiger partial charge in [-0.1, -0.05) is 12.1 Å². The lowest BCUT2D eigenvalue weighted by atomic mass is 9.98. The molecule has 0 unspecified atom stereocenters. The topological polar surface area (TPSA) is 92.8 Å². The van der Waals surface area contributed by atoms with E-state index in [0.29, 0.717) is 5.75 Å². The summed E-state index contributed by atoms with van der Waals surface area (Å²) in [5.74, 6) is 0.228. The van der Waals surface area contributed by atoms with Crippen LogP contribution in [-0.2, 0) is 4.79 Å². The van der Waals surface area contributed by atoms with Crippen molar-refractivity contribution in [3.8, 4) is 28.4 Å². The van der Waals surface area contributed by atoms with Crippen molar-refractivity contribution in [3.63, 3.8) is 0 Å². The number of aryl methyl sites for hydroxylation is 1. The fraction of sp³-hybridized carbons (Fsp3) is 0.250. The van der Waals surface area contributed by atoms with Crippen LogP contribution in [0.25, 0.3) is 33.5 Å². The summed E-state index contributed by atoms with van der Waals surface area (Å²) >= 11 is 0. The van der Waals surface area contributed by atoms with Gasteiger partial charge in [0.15, 0.2) is 0 Å². The molecule has 0 aliphatic carbocycles. The number of nitrogens with one attached hydrogen (secondary N) is 2. The molecule has 5 rings (SSSR count). The van der Waals surface area contributed by atoms with E-state index in [0.717, 1.165) is 65.2 Å². The van der Waals surface area contributed by atoms with Crippen LogP contribution in [0.4, 0.5) is 0 Å². The second-order valence-electron chi connectivity index (χ2n) is 7.81. The summed E-state index contributed by atoms with van der Waals surface area (Å²) < 4.78 is 5.64. The first-order chi connectivity index (χ1) is 15.2. The summed E-state index contributed by atoms with van der Waals surface area (Å²) in [4.78, 5) is 29.3. The second-order valence-corrected chi connectivity index (χ2v) is 7.81. The Labute approximate surface area is 179 Å². The highest BCUT2D eigenvalue weighted by atomic mass is 16.5. The van der Waals surface area contributed by atoms with Gasteiger partial charge in [-0.05, 0) is 63.2 Å². The largest absolute Gasteiger partial charge is 0.425 e. The number of carbonyl (C=O) groups excluding carboxylic acids is 1. The third-order valence-electron chi connectivity index (χ3n) is 5.60. The van der Waals surface area contributed by atoms with Gasteiger partial charge in [0.05, 0.1) is 41.0 Å². The SMILES string of the molecule is Cc1cccc(-c2[nH]cnc2-c2ccc3ncc(OC(=O)C4CCNCC4)cc3c2)n1. The van der Waals surface area contributed by atoms with Gasteiger partial charge in [-0.2, -0.15) is 0 Å². The Bertz CT molecular complexity index is 1240. The molecule has 3 aromatic heterocycles. The molecule has 0 radical (unpaired) electrons. The number of carbonyl (C=O) groups is 1. The van der Waals surface area contributed by atoms with E-state index in [4.69, 9.17) is 4.74 Å². The molecule has 4 heterocycles. The van der Waals surface area contributed by atoms with Crippen molar-refractivity contribution < 1.29 is 9.53 Å². The molecule has 1 aliphatic rings. The average molecular weight is 413 g/mol. The quantitative estimate of drug-likeness (QED) is 0.493. The van der Waals surface area contributed by atoms with E-state index in [2.05, 4.69) is 25.3 Å². The molecule has 1 aliphatic heterocycles. The molecule has 2 N–H and O–H groups in total. The number of rotatable bonds is 4. The van der Waals surface area contributed by atoms with Crippen LogP contribution in [0.1, 0.15) is 18.5 Å². The molecule has 4 aromatic rings. The number of esters is 1. The van der Waals surface area contributed by atoms with Crippen molar-refractivity contribution in [2.75, 3.05) is 13.1 Å². The van der Waals surface area contributed by atoms with Crippen LogP contribution in [0.15, 0.2) is 55.0 Å². The van der Waals surface area contributed by atoms with Gasteiger partial charge in [0, 0.05) is 16.6 Å². The number of fused-ring (bicyclic) bond motifs is 1.